The third kappa shape index (κ3) is 3.79. The monoisotopic (exact) mass is 281 g/mol. The van der Waals surface area contributed by atoms with E-state index in [1.165, 1.54) is 19.2 Å². The maximum atomic E-state index is 11.5. The summed E-state index contributed by atoms with van der Waals surface area (Å²) < 4.78 is 4.60. The van der Waals surface area contributed by atoms with E-state index in [0.29, 0.717) is 31.1 Å². The van der Waals surface area contributed by atoms with E-state index in [4.69, 9.17) is 10.8 Å². The molecule has 0 saturated carbocycles. The van der Waals surface area contributed by atoms with Crippen LogP contribution in [-0.4, -0.2) is 36.2 Å². The van der Waals surface area contributed by atoms with Gasteiger partial charge in [0.15, 0.2) is 6.29 Å². The van der Waals surface area contributed by atoms with Crippen molar-refractivity contribution < 1.29 is 24.5 Å². The van der Waals surface area contributed by atoms with Crippen LogP contribution >= 0.6 is 0 Å². The summed E-state index contributed by atoms with van der Waals surface area (Å²) in [4.78, 5) is 22.5. The highest BCUT2D eigenvalue weighted by Crippen LogP contribution is 2.30. The smallest absolute Gasteiger partial charge is 0.337 e. The number of nitrogens with two attached hydrogens (primary N) is 1. The molecule has 1 aromatic rings. The number of carbonyl (C=O) groups is 2. The van der Waals surface area contributed by atoms with Gasteiger partial charge in [0, 0.05) is 18.2 Å². The summed E-state index contributed by atoms with van der Waals surface area (Å²) in [5.41, 5.74) is 6.45. The second kappa shape index (κ2) is 7.62. The van der Waals surface area contributed by atoms with Crippen LogP contribution in [0.1, 0.15) is 51.6 Å². The molecule has 6 heteroatoms. The number of aliphatic hydroxyl groups excluding tert-OH is 1. The SMILES string of the molecule is COC(=O)c1cc(C=O)c(O)c([C@H](N)CCCCO)c1. The zero-order valence-corrected chi connectivity index (χ0v) is 11.3. The number of benzene rings is 1. The van der Waals surface area contributed by atoms with Gasteiger partial charge in [0.1, 0.15) is 5.75 Å². The van der Waals surface area contributed by atoms with E-state index in [-0.39, 0.29) is 23.5 Å². The van der Waals surface area contributed by atoms with E-state index < -0.39 is 12.0 Å². The third-order valence-electron chi connectivity index (χ3n) is 3.04. The summed E-state index contributed by atoms with van der Waals surface area (Å²) in [7, 11) is 1.23. The van der Waals surface area contributed by atoms with Crippen LogP contribution in [0.5, 0.6) is 5.75 Å². The highest BCUT2D eigenvalue weighted by molar-refractivity contribution is 5.93. The number of methoxy groups -OCH3 is 1. The van der Waals surface area contributed by atoms with Gasteiger partial charge in [0.05, 0.1) is 18.2 Å². The molecule has 1 atom stereocenters. The Morgan fingerprint density at radius 2 is 2.15 bits per heavy atom. The van der Waals surface area contributed by atoms with Crippen LogP contribution in [0.3, 0.4) is 0 Å². The minimum Gasteiger partial charge on any atom is -0.507 e. The van der Waals surface area contributed by atoms with E-state index in [2.05, 4.69) is 4.74 Å². The van der Waals surface area contributed by atoms with Crippen molar-refractivity contribution in [1.29, 1.82) is 0 Å². The first-order valence-electron chi connectivity index (χ1n) is 6.32. The predicted octanol–water partition coefficient (Wildman–Crippen LogP) is 1.15. The van der Waals surface area contributed by atoms with Crippen LogP contribution in [0.4, 0.5) is 0 Å². The van der Waals surface area contributed by atoms with E-state index in [1.54, 1.807) is 0 Å². The van der Waals surface area contributed by atoms with Crippen LogP contribution in [-0.2, 0) is 4.74 Å². The fraction of sp³-hybridized carbons (Fsp3) is 0.429. The molecule has 0 bridgehead atoms. The standard InChI is InChI=1S/C14H19NO5/c1-20-14(19)9-6-10(8-17)13(18)11(7-9)12(15)4-2-3-5-16/h6-8,12,16,18H,2-5,15H2,1H3/t12-/m1/s1. The fourth-order valence-corrected chi connectivity index (χ4v) is 1.92. The molecule has 0 aliphatic rings. The molecule has 0 amide bonds. The number of unbranched alkanes of at least 4 members (excludes halogenated alkanes) is 1. The summed E-state index contributed by atoms with van der Waals surface area (Å²) in [5, 5.41) is 18.7. The Morgan fingerprint density at radius 3 is 2.70 bits per heavy atom. The number of aldehydes is 1. The highest BCUT2D eigenvalue weighted by atomic mass is 16.5. The average Bonchev–Trinajstić information content (AvgIpc) is 2.46. The lowest BCUT2D eigenvalue weighted by atomic mass is 9.96. The van der Waals surface area contributed by atoms with Crippen molar-refractivity contribution in [2.24, 2.45) is 5.73 Å². The Kier molecular flexibility index (Phi) is 6.14. The third-order valence-corrected chi connectivity index (χ3v) is 3.04. The van der Waals surface area contributed by atoms with Gasteiger partial charge in [-0.05, 0) is 31.4 Å². The number of ether oxygens (including phenoxy) is 1. The number of aliphatic hydroxyl groups is 1. The summed E-state index contributed by atoms with van der Waals surface area (Å²) in [6.45, 7) is 0.0699. The Balaban J connectivity index is 3.09. The highest BCUT2D eigenvalue weighted by Gasteiger charge is 2.18. The molecule has 0 spiro atoms. The van der Waals surface area contributed by atoms with Crippen molar-refractivity contribution in [3.63, 3.8) is 0 Å². The van der Waals surface area contributed by atoms with E-state index >= 15 is 0 Å². The molecule has 6 nitrogen and oxygen atoms in total. The molecule has 0 aliphatic carbocycles. The van der Waals surface area contributed by atoms with Crippen molar-refractivity contribution in [2.45, 2.75) is 25.3 Å². The minimum atomic E-state index is -0.600. The van der Waals surface area contributed by atoms with Gasteiger partial charge in [-0.2, -0.15) is 0 Å². The van der Waals surface area contributed by atoms with Crippen molar-refractivity contribution in [1.82, 2.24) is 0 Å². The molecule has 0 aromatic heterocycles. The van der Waals surface area contributed by atoms with Crippen LogP contribution in [0.15, 0.2) is 12.1 Å². The molecule has 0 heterocycles. The lowest BCUT2D eigenvalue weighted by Gasteiger charge is -2.15. The van der Waals surface area contributed by atoms with Crippen LogP contribution in [0.25, 0.3) is 0 Å². The second-order valence-corrected chi connectivity index (χ2v) is 4.44. The number of phenolic OH excluding ortho intramolecular Hbond substituents is 1. The number of esters is 1. The van der Waals surface area contributed by atoms with Gasteiger partial charge < -0.3 is 20.7 Å². The summed E-state index contributed by atoms with van der Waals surface area (Å²) in [6.07, 6.45) is 2.27. The quantitative estimate of drug-likeness (QED) is 0.393. The van der Waals surface area contributed by atoms with Gasteiger partial charge in [-0.25, -0.2) is 4.79 Å². The normalized spacial score (nSPS) is 11.9. The first kappa shape index (κ1) is 16.1. The molecule has 0 radical (unpaired) electrons. The first-order chi connectivity index (χ1) is 9.54. The number of aromatic hydroxyl groups is 1. The average molecular weight is 281 g/mol. The summed E-state index contributed by atoms with van der Waals surface area (Å²) in [5.74, 6) is -0.818. The molecular formula is C14H19NO5. The molecule has 1 aromatic carbocycles. The van der Waals surface area contributed by atoms with Crippen LogP contribution in [0.2, 0.25) is 0 Å². The van der Waals surface area contributed by atoms with Gasteiger partial charge in [0.2, 0.25) is 0 Å². The van der Waals surface area contributed by atoms with Gasteiger partial charge >= 0.3 is 5.97 Å². The van der Waals surface area contributed by atoms with E-state index in [1.807, 2.05) is 0 Å². The molecule has 1 rings (SSSR count). The van der Waals surface area contributed by atoms with Crippen LogP contribution < -0.4 is 5.73 Å². The lowest BCUT2D eigenvalue weighted by Crippen LogP contribution is -2.13. The molecule has 0 unspecified atom stereocenters. The van der Waals surface area contributed by atoms with E-state index in [0.717, 1.165) is 0 Å². The Bertz CT molecular complexity index is 487. The predicted molar refractivity (Wildman–Crippen MR) is 72.7 cm³/mol. The number of carbonyl (C=O) groups excluding carboxylic acids is 2. The number of hydrogen-bond donors (Lipinski definition) is 3. The molecule has 0 fully saturated rings. The summed E-state index contributed by atoms with van der Waals surface area (Å²) in [6, 6.07) is 2.17. The number of hydrogen-bond acceptors (Lipinski definition) is 6. The molecular weight excluding hydrogens is 262 g/mol. The zero-order valence-electron chi connectivity index (χ0n) is 11.3. The first-order valence-corrected chi connectivity index (χ1v) is 6.32. The molecule has 110 valence electrons. The largest absolute Gasteiger partial charge is 0.507 e. The molecule has 20 heavy (non-hydrogen) atoms. The topological polar surface area (TPSA) is 110 Å². The van der Waals surface area contributed by atoms with Crippen molar-refractivity contribution >= 4 is 12.3 Å². The minimum absolute atomic E-state index is 0.000471. The Hall–Kier alpha value is -1.92. The maximum absolute atomic E-state index is 11.5. The van der Waals surface area contributed by atoms with Gasteiger partial charge in [0.25, 0.3) is 0 Å². The van der Waals surface area contributed by atoms with Gasteiger partial charge in [-0.15, -0.1) is 0 Å². The van der Waals surface area contributed by atoms with Gasteiger partial charge in [-0.3, -0.25) is 4.79 Å². The maximum Gasteiger partial charge on any atom is 0.337 e. The zero-order chi connectivity index (χ0) is 15.1. The summed E-state index contributed by atoms with van der Waals surface area (Å²) >= 11 is 0. The second-order valence-electron chi connectivity index (χ2n) is 4.44. The van der Waals surface area contributed by atoms with Crippen molar-refractivity contribution in [3.8, 4) is 5.75 Å². The van der Waals surface area contributed by atoms with Gasteiger partial charge in [-0.1, -0.05) is 0 Å². The van der Waals surface area contributed by atoms with Crippen molar-refractivity contribution in [2.75, 3.05) is 13.7 Å². The lowest BCUT2D eigenvalue weighted by molar-refractivity contribution is 0.0600. The fourth-order valence-electron chi connectivity index (χ4n) is 1.92. The Labute approximate surface area is 117 Å². The molecule has 4 N–H and O–H groups in total. The van der Waals surface area contributed by atoms with Crippen LogP contribution in [0, 0.1) is 0 Å². The number of phenols is 1. The number of rotatable bonds is 7. The molecule has 0 saturated heterocycles. The molecule has 0 aliphatic heterocycles. The van der Waals surface area contributed by atoms with E-state index in [9.17, 15) is 14.7 Å². The Morgan fingerprint density at radius 1 is 1.45 bits per heavy atom. The van der Waals surface area contributed by atoms with Crippen molar-refractivity contribution in [3.05, 3.63) is 28.8 Å².